The molecule has 1 aliphatic heterocycles. The Labute approximate surface area is 141 Å². The molecule has 0 aromatic heterocycles. The minimum atomic E-state index is -0.352. The molecule has 0 unspecified atom stereocenters. The molecule has 1 aromatic rings. The number of carbonyl (C=O) groups is 3. The standard InChI is InChI=1S/C17H24N4O3/c1-13-4-2-5-14(10-13)17(24)21-7-3-6-20(8-9-21)16(23)12-19-15(22)11-18/h2,4-5,10H,3,6-9,11-12,18H2,1H3,(H,19,22). The normalized spacial score (nSPS) is 14.9. The summed E-state index contributed by atoms with van der Waals surface area (Å²) in [4.78, 5) is 39.3. The third-order valence-corrected chi connectivity index (χ3v) is 4.02. The van der Waals surface area contributed by atoms with Crippen LogP contribution in [-0.4, -0.2) is 66.8 Å². The number of nitrogens with one attached hydrogen (secondary N) is 1. The third-order valence-electron chi connectivity index (χ3n) is 4.02. The van der Waals surface area contributed by atoms with Crippen molar-refractivity contribution < 1.29 is 14.4 Å². The average Bonchev–Trinajstić information content (AvgIpc) is 2.84. The molecule has 0 aliphatic carbocycles. The third kappa shape index (κ3) is 4.79. The maximum Gasteiger partial charge on any atom is 0.253 e. The van der Waals surface area contributed by atoms with Crippen molar-refractivity contribution in [3.8, 4) is 0 Å². The summed E-state index contributed by atoms with van der Waals surface area (Å²) in [6.45, 7) is 3.92. The molecule has 7 nitrogen and oxygen atoms in total. The number of nitrogens with zero attached hydrogens (tertiary/aromatic N) is 2. The fraction of sp³-hybridized carbons (Fsp3) is 0.471. The van der Waals surface area contributed by atoms with E-state index in [0.717, 1.165) is 5.56 Å². The molecule has 0 spiro atoms. The number of amides is 3. The lowest BCUT2D eigenvalue weighted by Gasteiger charge is -2.22. The monoisotopic (exact) mass is 332 g/mol. The van der Waals surface area contributed by atoms with Crippen LogP contribution in [0.2, 0.25) is 0 Å². The Morgan fingerprint density at radius 1 is 1.12 bits per heavy atom. The molecule has 1 saturated heterocycles. The molecule has 0 bridgehead atoms. The van der Waals surface area contributed by atoms with Crippen LogP contribution in [0.5, 0.6) is 0 Å². The molecule has 1 heterocycles. The molecule has 1 aliphatic rings. The molecule has 0 saturated carbocycles. The van der Waals surface area contributed by atoms with Crippen molar-refractivity contribution in [3.63, 3.8) is 0 Å². The fourth-order valence-corrected chi connectivity index (χ4v) is 2.69. The quantitative estimate of drug-likeness (QED) is 0.794. The second-order valence-corrected chi connectivity index (χ2v) is 5.88. The fourth-order valence-electron chi connectivity index (χ4n) is 2.69. The zero-order valence-corrected chi connectivity index (χ0v) is 14.0. The summed E-state index contributed by atoms with van der Waals surface area (Å²) in [5.41, 5.74) is 6.91. The van der Waals surface area contributed by atoms with E-state index in [1.165, 1.54) is 0 Å². The van der Waals surface area contributed by atoms with Crippen LogP contribution in [0.15, 0.2) is 24.3 Å². The van der Waals surface area contributed by atoms with Crippen molar-refractivity contribution in [2.45, 2.75) is 13.3 Å². The van der Waals surface area contributed by atoms with E-state index >= 15 is 0 Å². The smallest absolute Gasteiger partial charge is 0.253 e. The maximum atomic E-state index is 12.6. The van der Waals surface area contributed by atoms with Crippen molar-refractivity contribution in [1.29, 1.82) is 0 Å². The first-order valence-corrected chi connectivity index (χ1v) is 8.11. The topological polar surface area (TPSA) is 95.7 Å². The molecular weight excluding hydrogens is 308 g/mol. The lowest BCUT2D eigenvalue weighted by molar-refractivity contribution is -0.132. The summed E-state index contributed by atoms with van der Waals surface area (Å²) in [5, 5.41) is 2.48. The molecule has 130 valence electrons. The zero-order chi connectivity index (χ0) is 17.5. The van der Waals surface area contributed by atoms with Gasteiger partial charge in [-0.2, -0.15) is 0 Å². The van der Waals surface area contributed by atoms with Crippen LogP contribution in [0.1, 0.15) is 22.3 Å². The van der Waals surface area contributed by atoms with Crippen LogP contribution in [0.4, 0.5) is 0 Å². The second-order valence-electron chi connectivity index (χ2n) is 5.88. The number of hydrogen-bond acceptors (Lipinski definition) is 4. The minimum Gasteiger partial charge on any atom is -0.346 e. The van der Waals surface area contributed by atoms with Gasteiger partial charge in [0.05, 0.1) is 13.1 Å². The van der Waals surface area contributed by atoms with E-state index in [0.29, 0.717) is 38.2 Å². The lowest BCUT2D eigenvalue weighted by atomic mass is 10.1. The van der Waals surface area contributed by atoms with E-state index in [1.807, 2.05) is 31.2 Å². The average molecular weight is 332 g/mol. The van der Waals surface area contributed by atoms with Gasteiger partial charge in [-0.05, 0) is 25.5 Å². The molecule has 3 N–H and O–H groups in total. The number of nitrogens with two attached hydrogens (primary N) is 1. The van der Waals surface area contributed by atoms with Crippen molar-refractivity contribution >= 4 is 17.7 Å². The van der Waals surface area contributed by atoms with Crippen molar-refractivity contribution in [3.05, 3.63) is 35.4 Å². The first kappa shape index (κ1) is 17.9. The molecule has 0 atom stereocenters. The largest absolute Gasteiger partial charge is 0.346 e. The van der Waals surface area contributed by atoms with Gasteiger partial charge in [0.2, 0.25) is 11.8 Å². The SMILES string of the molecule is Cc1cccc(C(=O)N2CCCN(C(=O)CNC(=O)CN)CC2)c1. The van der Waals surface area contributed by atoms with Crippen LogP contribution in [-0.2, 0) is 9.59 Å². The second kappa shape index (κ2) is 8.44. The molecule has 7 heteroatoms. The van der Waals surface area contributed by atoms with E-state index in [-0.39, 0.29) is 30.8 Å². The molecule has 24 heavy (non-hydrogen) atoms. The summed E-state index contributed by atoms with van der Waals surface area (Å²) in [6, 6.07) is 7.51. The highest BCUT2D eigenvalue weighted by molar-refractivity contribution is 5.94. The van der Waals surface area contributed by atoms with Crippen LogP contribution < -0.4 is 11.1 Å². The number of carbonyl (C=O) groups excluding carboxylic acids is 3. The van der Waals surface area contributed by atoms with Crippen LogP contribution >= 0.6 is 0 Å². The van der Waals surface area contributed by atoms with Crippen LogP contribution in [0.3, 0.4) is 0 Å². The summed E-state index contributed by atoms with van der Waals surface area (Å²) < 4.78 is 0. The molecule has 3 amide bonds. The van der Waals surface area contributed by atoms with Gasteiger partial charge >= 0.3 is 0 Å². The van der Waals surface area contributed by atoms with E-state index < -0.39 is 0 Å². The van der Waals surface area contributed by atoms with Gasteiger partial charge in [-0.3, -0.25) is 14.4 Å². The van der Waals surface area contributed by atoms with Gasteiger partial charge in [-0.1, -0.05) is 17.7 Å². The van der Waals surface area contributed by atoms with E-state index in [1.54, 1.807) is 9.80 Å². The summed E-state index contributed by atoms with van der Waals surface area (Å²) >= 11 is 0. The highest BCUT2D eigenvalue weighted by Crippen LogP contribution is 2.11. The zero-order valence-electron chi connectivity index (χ0n) is 14.0. The Morgan fingerprint density at radius 2 is 1.83 bits per heavy atom. The number of aryl methyl sites for hydroxylation is 1. The first-order valence-electron chi connectivity index (χ1n) is 8.11. The van der Waals surface area contributed by atoms with Crippen molar-refractivity contribution in [2.75, 3.05) is 39.3 Å². The Bertz CT molecular complexity index is 618. The summed E-state index contributed by atoms with van der Waals surface area (Å²) in [5.74, 6) is -0.513. The van der Waals surface area contributed by atoms with E-state index in [2.05, 4.69) is 5.32 Å². The predicted octanol–water partition coefficient (Wildman–Crippen LogP) is -0.256. The van der Waals surface area contributed by atoms with Gasteiger partial charge in [-0.15, -0.1) is 0 Å². The molecule has 1 fully saturated rings. The Kier molecular flexibility index (Phi) is 6.31. The highest BCUT2D eigenvalue weighted by atomic mass is 16.2. The van der Waals surface area contributed by atoms with E-state index in [4.69, 9.17) is 5.73 Å². The first-order chi connectivity index (χ1) is 11.5. The summed E-state index contributed by atoms with van der Waals surface area (Å²) in [7, 11) is 0. The Morgan fingerprint density at radius 3 is 2.54 bits per heavy atom. The van der Waals surface area contributed by atoms with Gasteiger partial charge < -0.3 is 20.9 Å². The molecule has 0 radical (unpaired) electrons. The molecule has 1 aromatic carbocycles. The molecular formula is C17H24N4O3. The van der Waals surface area contributed by atoms with Gasteiger partial charge in [-0.25, -0.2) is 0 Å². The predicted molar refractivity (Wildman–Crippen MR) is 90.3 cm³/mol. The number of rotatable bonds is 4. The number of hydrogen-bond donors (Lipinski definition) is 2. The van der Waals surface area contributed by atoms with Crippen molar-refractivity contribution in [2.24, 2.45) is 5.73 Å². The van der Waals surface area contributed by atoms with Gasteiger partial charge in [0.15, 0.2) is 0 Å². The van der Waals surface area contributed by atoms with E-state index in [9.17, 15) is 14.4 Å². The minimum absolute atomic E-state index is 0.00978. The van der Waals surface area contributed by atoms with Crippen LogP contribution in [0, 0.1) is 6.92 Å². The number of benzene rings is 1. The van der Waals surface area contributed by atoms with Gasteiger partial charge in [0, 0.05) is 31.7 Å². The Hall–Kier alpha value is -2.41. The highest BCUT2D eigenvalue weighted by Gasteiger charge is 2.22. The van der Waals surface area contributed by atoms with Gasteiger partial charge in [0.1, 0.15) is 0 Å². The summed E-state index contributed by atoms with van der Waals surface area (Å²) in [6.07, 6.45) is 0.716. The Balaban J connectivity index is 1.91. The van der Waals surface area contributed by atoms with Gasteiger partial charge in [0.25, 0.3) is 5.91 Å². The van der Waals surface area contributed by atoms with Crippen molar-refractivity contribution in [1.82, 2.24) is 15.1 Å². The molecule has 2 rings (SSSR count). The maximum absolute atomic E-state index is 12.6. The van der Waals surface area contributed by atoms with Crippen LogP contribution in [0.25, 0.3) is 0 Å². The lowest BCUT2D eigenvalue weighted by Crippen LogP contribution is -2.43.